The van der Waals surface area contributed by atoms with Crippen molar-refractivity contribution in [1.82, 2.24) is 10.1 Å². The average molecular weight is 255 g/mol. The zero-order valence-corrected chi connectivity index (χ0v) is 9.61. The van der Waals surface area contributed by atoms with E-state index in [9.17, 15) is 8.78 Å². The fraction of sp³-hybridized carbons (Fsp3) is 0.273. The number of ether oxygens (including phenoxy) is 1. The predicted molar refractivity (Wildman–Crippen MR) is 59.4 cm³/mol. The minimum atomic E-state index is -1.02. The lowest BCUT2D eigenvalue weighted by atomic mass is 10.1. The second kappa shape index (κ2) is 5.09. The number of rotatable bonds is 4. The molecule has 0 aliphatic heterocycles. The van der Waals surface area contributed by atoms with Crippen LogP contribution in [0.15, 0.2) is 16.7 Å². The topological polar surface area (TPSA) is 74.2 Å². The summed E-state index contributed by atoms with van der Waals surface area (Å²) in [4.78, 5) is 3.98. The van der Waals surface area contributed by atoms with E-state index in [4.69, 9.17) is 15.0 Å². The molecule has 5 nitrogen and oxygen atoms in total. The van der Waals surface area contributed by atoms with Gasteiger partial charge in [0.15, 0.2) is 17.5 Å². The summed E-state index contributed by atoms with van der Waals surface area (Å²) in [5, 5.41) is 3.64. The molecule has 18 heavy (non-hydrogen) atoms. The Balaban J connectivity index is 2.31. The molecular weight excluding hydrogens is 244 g/mol. The third-order valence-corrected chi connectivity index (χ3v) is 2.23. The van der Waals surface area contributed by atoms with Gasteiger partial charge in [-0.3, -0.25) is 0 Å². The first-order valence-electron chi connectivity index (χ1n) is 5.27. The lowest BCUT2D eigenvalue weighted by Gasteiger charge is -2.01. The van der Waals surface area contributed by atoms with Gasteiger partial charge in [-0.2, -0.15) is 4.98 Å². The Morgan fingerprint density at radius 1 is 1.33 bits per heavy atom. The third-order valence-electron chi connectivity index (χ3n) is 2.23. The standard InChI is InChI=1S/C11H11F2N3O2/c1-2-17-5-10-15-11(18-16-10)6-3-7(12)8(13)4-9(6)14/h3-4H,2,5,14H2,1H3. The first-order chi connectivity index (χ1) is 8.61. The van der Waals surface area contributed by atoms with Crippen molar-refractivity contribution in [2.45, 2.75) is 13.5 Å². The number of benzene rings is 1. The van der Waals surface area contributed by atoms with Gasteiger partial charge in [0.1, 0.15) is 6.61 Å². The SMILES string of the molecule is CCOCc1noc(-c2cc(F)c(F)cc2N)n1. The zero-order valence-electron chi connectivity index (χ0n) is 9.61. The van der Waals surface area contributed by atoms with Gasteiger partial charge in [0.05, 0.1) is 5.56 Å². The molecule has 0 saturated carbocycles. The maximum atomic E-state index is 13.1. The van der Waals surface area contributed by atoms with E-state index in [1.54, 1.807) is 0 Å². The van der Waals surface area contributed by atoms with E-state index in [1.165, 1.54) is 0 Å². The van der Waals surface area contributed by atoms with Gasteiger partial charge in [-0.1, -0.05) is 5.16 Å². The molecule has 0 radical (unpaired) electrons. The maximum Gasteiger partial charge on any atom is 0.260 e. The second-order valence-corrected chi connectivity index (χ2v) is 3.51. The molecule has 96 valence electrons. The van der Waals surface area contributed by atoms with Crippen molar-refractivity contribution in [3.05, 3.63) is 29.6 Å². The van der Waals surface area contributed by atoms with E-state index < -0.39 is 11.6 Å². The fourth-order valence-corrected chi connectivity index (χ4v) is 1.36. The summed E-state index contributed by atoms with van der Waals surface area (Å²) in [6.45, 7) is 2.52. The molecular formula is C11H11F2N3O2. The minimum absolute atomic E-state index is 0.0282. The zero-order chi connectivity index (χ0) is 13.1. The molecule has 0 aliphatic rings. The molecule has 0 spiro atoms. The molecule has 7 heteroatoms. The van der Waals surface area contributed by atoms with Crippen LogP contribution in [0.4, 0.5) is 14.5 Å². The number of hydrogen-bond donors (Lipinski definition) is 1. The Kier molecular flexibility index (Phi) is 3.52. The minimum Gasteiger partial charge on any atom is -0.398 e. The van der Waals surface area contributed by atoms with Crippen LogP contribution in [0.25, 0.3) is 11.5 Å². The van der Waals surface area contributed by atoms with E-state index in [1.807, 2.05) is 6.92 Å². The highest BCUT2D eigenvalue weighted by Crippen LogP contribution is 2.26. The second-order valence-electron chi connectivity index (χ2n) is 3.51. The Morgan fingerprint density at radius 2 is 2.06 bits per heavy atom. The molecule has 0 unspecified atom stereocenters. The van der Waals surface area contributed by atoms with Crippen LogP contribution in [0.2, 0.25) is 0 Å². The summed E-state index contributed by atoms with van der Waals surface area (Å²) in [6.07, 6.45) is 0. The summed E-state index contributed by atoms with van der Waals surface area (Å²) in [6, 6.07) is 1.79. The molecule has 0 fully saturated rings. The Hall–Kier alpha value is -2.02. The number of aromatic nitrogens is 2. The lowest BCUT2D eigenvalue weighted by molar-refractivity contribution is 0.126. The van der Waals surface area contributed by atoms with Gasteiger partial charge in [0, 0.05) is 18.4 Å². The van der Waals surface area contributed by atoms with E-state index in [2.05, 4.69) is 10.1 Å². The number of nitrogens with two attached hydrogens (primary N) is 1. The van der Waals surface area contributed by atoms with Crippen LogP contribution in [-0.4, -0.2) is 16.7 Å². The van der Waals surface area contributed by atoms with Crippen molar-refractivity contribution in [2.24, 2.45) is 0 Å². The number of nitrogen functional groups attached to an aromatic ring is 1. The number of anilines is 1. The van der Waals surface area contributed by atoms with Gasteiger partial charge in [0.2, 0.25) is 0 Å². The van der Waals surface area contributed by atoms with E-state index in [0.29, 0.717) is 12.4 Å². The van der Waals surface area contributed by atoms with Crippen molar-refractivity contribution >= 4 is 5.69 Å². The lowest BCUT2D eigenvalue weighted by Crippen LogP contribution is -1.96. The average Bonchev–Trinajstić information content (AvgIpc) is 2.79. The number of hydrogen-bond acceptors (Lipinski definition) is 5. The van der Waals surface area contributed by atoms with Gasteiger partial charge in [0.25, 0.3) is 5.89 Å². The molecule has 0 saturated heterocycles. The normalized spacial score (nSPS) is 10.8. The molecule has 0 atom stereocenters. The summed E-state index contributed by atoms with van der Waals surface area (Å²) < 4.78 is 36.0. The van der Waals surface area contributed by atoms with Gasteiger partial charge in [-0.25, -0.2) is 8.78 Å². The van der Waals surface area contributed by atoms with Crippen molar-refractivity contribution in [3.8, 4) is 11.5 Å². The smallest absolute Gasteiger partial charge is 0.260 e. The van der Waals surface area contributed by atoms with Crippen LogP contribution in [0, 0.1) is 11.6 Å². The van der Waals surface area contributed by atoms with E-state index in [0.717, 1.165) is 12.1 Å². The Labute approximate surface area is 102 Å². The molecule has 2 aromatic rings. The first-order valence-corrected chi connectivity index (χ1v) is 5.27. The van der Waals surface area contributed by atoms with Crippen LogP contribution in [0.5, 0.6) is 0 Å². The molecule has 2 rings (SSSR count). The summed E-state index contributed by atoms with van der Waals surface area (Å²) in [7, 11) is 0. The van der Waals surface area contributed by atoms with Crippen LogP contribution in [0.1, 0.15) is 12.7 Å². The first kappa shape index (κ1) is 12.4. The molecule has 1 aromatic carbocycles. The largest absolute Gasteiger partial charge is 0.398 e. The maximum absolute atomic E-state index is 13.1. The van der Waals surface area contributed by atoms with Crippen molar-refractivity contribution in [1.29, 1.82) is 0 Å². The monoisotopic (exact) mass is 255 g/mol. The molecule has 0 amide bonds. The van der Waals surface area contributed by atoms with Crippen molar-refractivity contribution < 1.29 is 18.0 Å². The van der Waals surface area contributed by atoms with Crippen LogP contribution < -0.4 is 5.73 Å². The fourth-order valence-electron chi connectivity index (χ4n) is 1.36. The van der Waals surface area contributed by atoms with Crippen LogP contribution in [-0.2, 0) is 11.3 Å². The molecule has 0 aliphatic carbocycles. The van der Waals surface area contributed by atoms with Gasteiger partial charge >= 0.3 is 0 Å². The highest BCUT2D eigenvalue weighted by atomic mass is 19.2. The van der Waals surface area contributed by atoms with E-state index in [-0.39, 0.29) is 23.7 Å². The molecule has 0 bridgehead atoms. The Morgan fingerprint density at radius 3 is 2.78 bits per heavy atom. The predicted octanol–water partition coefficient (Wildman–Crippen LogP) is 2.13. The molecule has 2 N–H and O–H groups in total. The summed E-state index contributed by atoms with van der Waals surface area (Å²) >= 11 is 0. The molecule has 1 heterocycles. The third kappa shape index (κ3) is 2.45. The number of halogens is 2. The van der Waals surface area contributed by atoms with Crippen molar-refractivity contribution in [2.75, 3.05) is 12.3 Å². The van der Waals surface area contributed by atoms with Gasteiger partial charge in [-0.15, -0.1) is 0 Å². The van der Waals surface area contributed by atoms with Crippen LogP contribution >= 0.6 is 0 Å². The highest BCUT2D eigenvalue weighted by Gasteiger charge is 2.15. The quantitative estimate of drug-likeness (QED) is 0.847. The van der Waals surface area contributed by atoms with E-state index >= 15 is 0 Å². The van der Waals surface area contributed by atoms with Gasteiger partial charge in [-0.05, 0) is 13.0 Å². The molecule has 1 aromatic heterocycles. The highest BCUT2D eigenvalue weighted by molar-refractivity contribution is 5.70. The van der Waals surface area contributed by atoms with Gasteiger partial charge < -0.3 is 15.0 Å². The summed E-state index contributed by atoms with van der Waals surface area (Å²) in [5.74, 6) is -1.70. The Bertz CT molecular complexity index is 557. The van der Waals surface area contributed by atoms with Crippen LogP contribution in [0.3, 0.4) is 0 Å². The van der Waals surface area contributed by atoms with Crippen molar-refractivity contribution in [3.63, 3.8) is 0 Å². The summed E-state index contributed by atoms with van der Waals surface area (Å²) in [5.41, 5.74) is 5.75. The number of nitrogens with zero attached hydrogens (tertiary/aromatic N) is 2.